The van der Waals surface area contributed by atoms with Crippen LogP contribution in [0.25, 0.3) is 0 Å². The molecule has 0 aliphatic carbocycles. The van der Waals surface area contributed by atoms with Crippen LogP contribution >= 0.6 is 0 Å². The zero-order valence-corrected chi connectivity index (χ0v) is 12.6. The minimum absolute atomic E-state index is 0.00777. The van der Waals surface area contributed by atoms with Crippen LogP contribution in [0.15, 0.2) is 30.3 Å². The molecule has 0 aromatic heterocycles. The third kappa shape index (κ3) is 3.81. The van der Waals surface area contributed by atoms with Gasteiger partial charge in [-0.3, -0.25) is 0 Å². The molecule has 110 valence electrons. The molecule has 1 aliphatic heterocycles. The third-order valence-electron chi connectivity index (χ3n) is 3.34. The molecule has 0 atom stereocenters. The number of amides is 1. The molecule has 4 nitrogen and oxygen atoms in total. The molecule has 2 rings (SSSR count). The van der Waals surface area contributed by atoms with E-state index in [0.29, 0.717) is 19.7 Å². The SMILES string of the molecule is CC(C)(C)OC(=O)[N+]1(OCc2ccccc2)CCCC1. The van der Waals surface area contributed by atoms with Gasteiger partial charge in [-0.1, -0.05) is 35.0 Å². The van der Waals surface area contributed by atoms with E-state index in [-0.39, 0.29) is 10.7 Å². The first-order valence-electron chi connectivity index (χ1n) is 7.20. The second kappa shape index (κ2) is 5.94. The predicted molar refractivity (Wildman–Crippen MR) is 76.7 cm³/mol. The molecule has 1 fully saturated rings. The Morgan fingerprint density at radius 2 is 1.75 bits per heavy atom. The summed E-state index contributed by atoms with van der Waals surface area (Å²) in [5.74, 6) is 0. The van der Waals surface area contributed by atoms with E-state index in [1.54, 1.807) is 0 Å². The Bertz CT molecular complexity index is 445. The van der Waals surface area contributed by atoms with Gasteiger partial charge < -0.3 is 4.74 Å². The quantitative estimate of drug-likeness (QED) is 0.791. The molecule has 0 spiro atoms. The number of ether oxygens (including phenoxy) is 1. The maximum Gasteiger partial charge on any atom is 0.550 e. The van der Waals surface area contributed by atoms with Gasteiger partial charge in [0.05, 0.1) is 0 Å². The van der Waals surface area contributed by atoms with Gasteiger partial charge in [-0.2, -0.15) is 9.63 Å². The maximum atomic E-state index is 12.4. The number of rotatable bonds is 3. The van der Waals surface area contributed by atoms with E-state index in [1.807, 2.05) is 51.1 Å². The van der Waals surface area contributed by atoms with Crippen molar-refractivity contribution in [1.29, 1.82) is 0 Å². The average molecular weight is 278 g/mol. The van der Waals surface area contributed by atoms with Crippen molar-refractivity contribution in [3.63, 3.8) is 0 Å². The molecule has 1 aromatic rings. The molecule has 1 heterocycles. The fourth-order valence-electron chi connectivity index (χ4n) is 2.33. The lowest BCUT2D eigenvalue weighted by Crippen LogP contribution is -2.52. The summed E-state index contributed by atoms with van der Waals surface area (Å²) in [7, 11) is 0. The van der Waals surface area contributed by atoms with Gasteiger partial charge in [0.2, 0.25) is 0 Å². The lowest BCUT2D eigenvalue weighted by atomic mass is 10.2. The van der Waals surface area contributed by atoms with Crippen LogP contribution < -0.4 is 0 Å². The second-order valence-electron chi connectivity index (χ2n) is 6.28. The van der Waals surface area contributed by atoms with Gasteiger partial charge in [0.15, 0.2) is 0 Å². The summed E-state index contributed by atoms with van der Waals surface area (Å²) in [6, 6.07) is 9.92. The van der Waals surface area contributed by atoms with Crippen molar-refractivity contribution in [3.8, 4) is 0 Å². The molecule has 0 unspecified atom stereocenters. The highest BCUT2D eigenvalue weighted by Gasteiger charge is 2.46. The Labute approximate surface area is 120 Å². The van der Waals surface area contributed by atoms with E-state index in [2.05, 4.69) is 0 Å². The number of hydrogen-bond donors (Lipinski definition) is 0. The first kappa shape index (κ1) is 15.0. The fraction of sp³-hybridized carbons (Fsp3) is 0.562. The van der Waals surface area contributed by atoms with Crippen LogP contribution in [0, 0.1) is 0 Å². The van der Waals surface area contributed by atoms with Crippen LogP contribution in [-0.4, -0.2) is 29.4 Å². The van der Waals surface area contributed by atoms with E-state index in [0.717, 1.165) is 18.4 Å². The Hall–Kier alpha value is -1.39. The van der Waals surface area contributed by atoms with E-state index >= 15 is 0 Å². The van der Waals surface area contributed by atoms with Crippen molar-refractivity contribution in [2.75, 3.05) is 13.1 Å². The summed E-state index contributed by atoms with van der Waals surface area (Å²) < 4.78 is 5.51. The summed E-state index contributed by atoms with van der Waals surface area (Å²) in [6.45, 7) is 7.47. The highest BCUT2D eigenvalue weighted by molar-refractivity contribution is 5.59. The molecule has 1 aromatic carbocycles. The van der Waals surface area contributed by atoms with E-state index in [1.165, 1.54) is 0 Å². The van der Waals surface area contributed by atoms with E-state index in [4.69, 9.17) is 9.57 Å². The number of hydroxylamine groups is 3. The predicted octanol–water partition coefficient (Wildman–Crippen LogP) is 3.66. The standard InChI is InChI=1S/C16H24NO3/c1-16(2,3)20-15(18)17(11-7-8-12-17)19-13-14-9-5-4-6-10-14/h4-6,9-10H,7-8,11-13H2,1-3H3/q+1. The number of quaternary nitrogens is 1. The highest BCUT2D eigenvalue weighted by Crippen LogP contribution is 2.25. The average Bonchev–Trinajstić information content (AvgIpc) is 2.86. The fourth-order valence-corrected chi connectivity index (χ4v) is 2.33. The molecule has 1 aliphatic rings. The first-order valence-corrected chi connectivity index (χ1v) is 7.20. The number of carbonyl (C=O) groups excluding carboxylic acids is 1. The second-order valence-corrected chi connectivity index (χ2v) is 6.28. The molecular weight excluding hydrogens is 254 g/mol. The molecular formula is C16H24NO3+. The normalized spacial score (nSPS) is 17.9. The molecule has 1 amide bonds. The van der Waals surface area contributed by atoms with E-state index < -0.39 is 5.60 Å². The largest absolute Gasteiger partial charge is 0.550 e. The minimum atomic E-state index is -0.485. The zero-order valence-electron chi connectivity index (χ0n) is 12.6. The van der Waals surface area contributed by atoms with E-state index in [9.17, 15) is 4.79 Å². The van der Waals surface area contributed by atoms with Gasteiger partial charge in [0, 0.05) is 12.8 Å². The van der Waals surface area contributed by atoms with Crippen molar-refractivity contribution in [3.05, 3.63) is 35.9 Å². The topological polar surface area (TPSA) is 35.5 Å². The summed E-state index contributed by atoms with van der Waals surface area (Å²) in [6.07, 6.45) is 1.72. The van der Waals surface area contributed by atoms with Crippen molar-refractivity contribution < 1.29 is 19.0 Å². The molecule has 0 radical (unpaired) electrons. The number of carbonyl (C=O) groups is 1. The van der Waals surface area contributed by atoms with Crippen molar-refractivity contribution in [2.24, 2.45) is 0 Å². The number of hydrogen-bond acceptors (Lipinski definition) is 3. The summed E-state index contributed by atoms with van der Waals surface area (Å²) in [5.41, 5.74) is 0.585. The minimum Gasteiger partial charge on any atom is -0.412 e. The van der Waals surface area contributed by atoms with Crippen LogP contribution in [0.5, 0.6) is 0 Å². The van der Waals surface area contributed by atoms with Crippen LogP contribution in [0.2, 0.25) is 0 Å². The summed E-state index contributed by atoms with van der Waals surface area (Å²) in [4.78, 5) is 18.4. The Balaban J connectivity index is 2.04. The number of benzene rings is 1. The van der Waals surface area contributed by atoms with Crippen molar-refractivity contribution >= 4 is 6.09 Å². The van der Waals surface area contributed by atoms with Gasteiger partial charge in [0.1, 0.15) is 25.3 Å². The zero-order chi connectivity index (χ0) is 14.6. The molecule has 20 heavy (non-hydrogen) atoms. The van der Waals surface area contributed by atoms with Crippen LogP contribution in [0.1, 0.15) is 39.2 Å². The van der Waals surface area contributed by atoms with Gasteiger partial charge in [-0.05, 0) is 26.3 Å². The number of nitrogens with zero attached hydrogens (tertiary/aromatic N) is 1. The lowest BCUT2D eigenvalue weighted by Gasteiger charge is -2.30. The monoisotopic (exact) mass is 278 g/mol. The highest BCUT2D eigenvalue weighted by atomic mass is 16.8. The Morgan fingerprint density at radius 1 is 1.15 bits per heavy atom. The molecule has 0 N–H and O–H groups in total. The first-order chi connectivity index (χ1) is 9.41. The Kier molecular flexibility index (Phi) is 4.45. The number of likely N-dealkylation sites (tertiary alicyclic amines) is 1. The smallest absolute Gasteiger partial charge is 0.412 e. The van der Waals surface area contributed by atoms with Crippen LogP contribution in [-0.2, 0) is 16.2 Å². The third-order valence-corrected chi connectivity index (χ3v) is 3.34. The molecule has 0 bridgehead atoms. The van der Waals surface area contributed by atoms with Gasteiger partial charge in [-0.25, -0.2) is 0 Å². The van der Waals surface area contributed by atoms with Crippen molar-refractivity contribution in [1.82, 2.24) is 0 Å². The molecule has 0 saturated carbocycles. The van der Waals surface area contributed by atoms with Gasteiger partial charge in [-0.15, -0.1) is 0 Å². The van der Waals surface area contributed by atoms with Gasteiger partial charge in [0.25, 0.3) is 0 Å². The van der Waals surface area contributed by atoms with Crippen LogP contribution in [0.4, 0.5) is 4.79 Å². The lowest BCUT2D eigenvalue weighted by molar-refractivity contribution is -1.04. The summed E-state index contributed by atoms with van der Waals surface area (Å²) >= 11 is 0. The Morgan fingerprint density at radius 3 is 2.30 bits per heavy atom. The van der Waals surface area contributed by atoms with Gasteiger partial charge >= 0.3 is 6.09 Å². The van der Waals surface area contributed by atoms with Crippen LogP contribution in [0.3, 0.4) is 0 Å². The molecule has 4 heteroatoms. The van der Waals surface area contributed by atoms with Crippen molar-refractivity contribution in [2.45, 2.75) is 45.8 Å². The molecule has 1 saturated heterocycles. The summed E-state index contributed by atoms with van der Waals surface area (Å²) in [5, 5.41) is 0. The maximum absolute atomic E-state index is 12.4.